The van der Waals surface area contributed by atoms with Crippen molar-refractivity contribution in [3.8, 4) is 0 Å². The van der Waals surface area contributed by atoms with Crippen molar-refractivity contribution in [1.29, 1.82) is 0 Å². The molecule has 2 aromatic carbocycles. The van der Waals surface area contributed by atoms with Gasteiger partial charge in [-0.25, -0.2) is 0 Å². The smallest absolute Gasteiger partial charge is 0.285 e. The second kappa shape index (κ2) is 7.92. The molecular weight excluding hydrogens is 316 g/mol. The van der Waals surface area contributed by atoms with Gasteiger partial charge in [0.2, 0.25) is 0 Å². The number of amides is 1. The van der Waals surface area contributed by atoms with Gasteiger partial charge in [0.1, 0.15) is 5.56 Å². The van der Waals surface area contributed by atoms with Crippen molar-refractivity contribution in [2.24, 2.45) is 5.92 Å². The van der Waals surface area contributed by atoms with Crippen LogP contribution in [-0.4, -0.2) is 10.8 Å². The van der Waals surface area contributed by atoms with E-state index in [0.717, 1.165) is 12.0 Å². The molecular formula is C20H24N2O3. The minimum absolute atomic E-state index is 0.0910. The molecule has 0 aromatic heterocycles. The topological polar surface area (TPSA) is 72.2 Å². The maximum atomic E-state index is 12.5. The van der Waals surface area contributed by atoms with Gasteiger partial charge >= 0.3 is 0 Å². The Morgan fingerprint density at radius 3 is 2.32 bits per heavy atom. The van der Waals surface area contributed by atoms with Crippen molar-refractivity contribution in [2.45, 2.75) is 40.2 Å². The molecule has 132 valence electrons. The lowest BCUT2D eigenvalue weighted by atomic mass is 9.99. The van der Waals surface area contributed by atoms with Crippen LogP contribution in [0.5, 0.6) is 0 Å². The number of para-hydroxylation sites is 1. The Hall–Kier alpha value is -2.69. The van der Waals surface area contributed by atoms with Crippen LogP contribution >= 0.6 is 0 Å². The Kier molecular flexibility index (Phi) is 5.91. The van der Waals surface area contributed by atoms with Crippen molar-refractivity contribution < 1.29 is 9.72 Å². The van der Waals surface area contributed by atoms with E-state index >= 15 is 0 Å². The van der Waals surface area contributed by atoms with Gasteiger partial charge in [-0.2, -0.15) is 0 Å². The molecule has 2 rings (SSSR count). The predicted molar refractivity (Wildman–Crippen MR) is 98.7 cm³/mol. The van der Waals surface area contributed by atoms with Crippen LogP contribution in [0.4, 0.5) is 5.69 Å². The van der Waals surface area contributed by atoms with E-state index < -0.39 is 10.8 Å². The Balaban J connectivity index is 2.15. The maximum Gasteiger partial charge on any atom is 0.285 e. The van der Waals surface area contributed by atoms with Gasteiger partial charge in [0, 0.05) is 5.56 Å². The Morgan fingerprint density at radius 2 is 1.76 bits per heavy atom. The molecule has 25 heavy (non-hydrogen) atoms. The summed E-state index contributed by atoms with van der Waals surface area (Å²) in [5.74, 6) is 0.152. The van der Waals surface area contributed by atoms with E-state index in [1.807, 2.05) is 19.1 Å². The van der Waals surface area contributed by atoms with E-state index in [4.69, 9.17) is 0 Å². The monoisotopic (exact) mass is 340 g/mol. The van der Waals surface area contributed by atoms with Gasteiger partial charge in [-0.15, -0.1) is 0 Å². The fourth-order valence-corrected chi connectivity index (χ4v) is 2.86. The number of rotatable bonds is 6. The Labute approximate surface area is 148 Å². The van der Waals surface area contributed by atoms with Crippen LogP contribution in [0.2, 0.25) is 0 Å². The second-order valence-corrected chi connectivity index (χ2v) is 6.76. The summed E-state index contributed by atoms with van der Waals surface area (Å²) in [6.07, 6.45) is 1.01. The predicted octanol–water partition coefficient (Wildman–Crippen LogP) is 4.59. The van der Waals surface area contributed by atoms with Crippen LogP contribution < -0.4 is 5.32 Å². The molecule has 0 unspecified atom stereocenters. The van der Waals surface area contributed by atoms with Crippen LogP contribution in [-0.2, 0) is 6.42 Å². The molecule has 1 N–H and O–H groups in total. The molecule has 0 saturated carbocycles. The van der Waals surface area contributed by atoms with Gasteiger partial charge in [0.25, 0.3) is 11.6 Å². The summed E-state index contributed by atoms with van der Waals surface area (Å²) in [5, 5.41) is 14.1. The van der Waals surface area contributed by atoms with E-state index in [0.29, 0.717) is 11.5 Å². The van der Waals surface area contributed by atoms with Crippen LogP contribution in [0.3, 0.4) is 0 Å². The standard InChI is InChI=1S/C20H24N2O3/c1-13(2)12-16-8-10-17(11-9-16)15(4)21-20(23)18-7-5-6-14(3)19(18)22(24)25/h5-11,13,15H,12H2,1-4H3,(H,21,23)/t15-/m0/s1. The first kappa shape index (κ1) is 18.6. The highest BCUT2D eigenvalue weighted by Gasteiger charge is 2.23. The molecule has 1 amide bonds. The van der Waals surface area contributed by atoms with E-state index in [1.54, 1.807) is 19.1 Å². The molecule has 5 heteroatoms. The first-order valence-corrected chi connectivity index (χ1v) is 8.43. The molecule has 0 bridgehead atoms. The van der Waals surface area contributed by atoms with Crippen molar-refractivity contribution in [2.75, 3.05) is 0 Å². The molecule has 0 saturated heterocycles. The molecule has 0 aliphatic heterocycles. The first-order chi connectivity index (χ1) is 11.8. The number of hydrogen-bond acceptors (Lipinski definition) is 3. The SMILES string of the molecule is Cc1cccc(C(=O)N[C@@H](C)c2ccc(CC(C)C)cc2)c1[N+](=O)[O-]. The number of nitro benzene ring substituents is 1. The highest BCUT2D eigenvalue weighted by Crippen LogP contribution is 2.24. The van der Waals surface area contributed by atoms with Gasteiger partial charge in [-0.3, -0.25) is 14.9 Å². The van der Waals surface area contributed by atoms with E-state index in [9.17, 15) is 14.9 Å². The largest absolute Gasteiger partial charge is 0.345 e. The lowest BCUT2D eigenvalue weighted by Crippen LogP contribution is -2.27. The molecule has 1 atom stereocenters. The normalized spacial score (nSPS) is 12.0. The van der Waals surface area contributed by atoms with Gasteiger partial charge in [0.05, 0.1) is 11.0 Å². The molecule has 0 heterocycles. The number of nitrogens with zero attached hydrogens (tertiary/aromatic N) is 1. The summed E-state index contributed by atoms with van der Waals surface area (Å²) < 4.78 is 0. The molecule has 0 spiro atoms. The van der Waals surface area contributed by atoms with Crippen molar-refractivity contribution in [3.05, 3.63) is 74.8 Å². The molecule has 5 nitrogen and oxygen atoms in total. The number of nitrogens with one attached hydrogen (secondary N) is 1. The van der Waals surface area contributed by atoms with Crippen LogP contribution in [0.15, 0.2) is 42.5 Å². The fraction of sp³-hybridized carbons (Fsp3) is 0.350. The summed E-state index contributed by atoms with van der Waals surface area (Å²) in [6, 6.07) is 12.6. The van der Waals surface area contributed by atoms with Gasteiger partial charge in [0.15, 0.2) is 0 Å². The zero-order valence-electron chi connectivity index (χ0n) is 15.1. The van der Waals surface area contributed by atoms with Crippen molar-refractivity contribution in [1.82, 2.24) is 5.32 Å². The van der Waals surface area contributed by atoms with Gasteiger partial charge in [-0.05, 0) is 43.4 Å². The number of carbonyl (C=O) groups excluding carboxylic acids is 1. The number of hydrogen-bond donors (Lipinski definition) is 1. The maximum absolute atomic E-state index is 12.5. The number of aryl methyl sites for hydroxylation is 1. The minimum Gasteiger partial charge on any atom is -0.345 e. The van der Waals surface area contributed by atoms with E-state index in [-0.39, 0.29) is 17.3 Å². The molecule has 0 aliphatic rings. The highest BCUT2D eigenvalue weighted by molar-refractivity contribution is 5.98. The summed E-state index contributed by atoms with van der Waals surface area (Å²) in [4.78, 5) is 23.3. The van der Waals surface area contributed by atoms with E-state index in [1.165, 1.54) is 11.6 Å². The quantitative estimate of drug-likeness (QED) is 0.617. The average molecular weight is 340 g/mol. The summed E-state index contributed by atoms with van der Waals surface area (Å²) in [6.45, 7) is 7.85. The first-order valence-electron chi connectivity index (χ1n) is 8.43. The summed E-state index contributed by atoms with van der Waals surface area (Å²) in [7, 11) is 0. The van der Waals surface area contributed by atoms with Gasteiger partial charge < -0.3 is 5.32 Å². The number of nitro groups is 1. The Bertz CT molecular complexity index is 767. The average Bonchev–Trinajstić information content (AvgIpc) is 2.54. The zero-order valence-corrected chi connectivity index (χ0v) is 15.1. The number of benzene rings is 2. The van der Waals surface area contributed by atoms with Gasteiger partial charge in [-0.1, -0.05) is 50.2 Å². The fourth-order valence-electron chi connectivity index (χ4n) is 2.86. The third-order valence-corrected chi connectivity index (χ3v) is 4.14. The molecule has 0 radical (unpaired) electrons. The number of carbonyl (C=O) groups is 1. The third kappa shape index (κ3) is 4.66. The lowest BCUT2D eigenvalue weighted by molar-refractivity contribution is -0.385. The third-order valence-electron chi connectivity index (χ3n) is 4.14. The highest BCUT2D eigenvalue weighted by atomic mass is 16.6. The summed E-state index contributed by atoms with van der Waals surface area (Å²) >= 11 is 0. The zero-order chi connectivity index (χ0) is 18.6. The Morgan fingerprint density at radius 1 is 1.12 bits per heavy atom. The molecule has 0 fully saturated rings. The van der Waals surface area contributed by atoms with Crippen molar-refractivity contribution >= 4 is 11.6 Å². The minimum atomic E-state index is -0.504. The van der Waals surface area contributed by atoms with Crippen molar-refractivity contribution in [3.63, 3.8) is 0 Å². The molecule has 2 aromatic rings. The summed E-state index contributed by atoms with van der Waals surface area (Å²) in [5.41, 5.74) is 2.65. The second-order valence-electron chi connectivity index (χ2n) is 6.76. The van der Waals surface area contributed by atoms with Crippen LogP contribution in [0, 0.1) is 23.0 Å². The molecule has 0 aliphatic carbocycles. The van der Waals surface area contributed by atoms with E-state index in [2.05, 4.69) is 31.3 Å². The lowest BCUT2D eigenvalue weighted by Gasteiger charge is -2.15. The van der Waals surface area contributed by atoms with Crippen LogP contribution in [0.1, 0.15) is 53.9 Å². The van der Waals surface area contributed by atoms with Crippen LogP contribution in [0.25, 0.3) is 0 Å².